The van der Waals surface area contributed by atoms with Gasteiger partial charge in [0.1, 0.15) is 23.4 Å². The van der Waals surface area contributed by atoms with Gasteiger partial charge in [-0.15, -0.1) is 0 Å². The molecule has 0 amide bonds. The third-order valence-electron chi connectivity index (χ3n) is 8.12. The molecule has 0 aliphatic carbocycles. The second-order valence-electron chi connectivity index (χ2n) is 11.4. The Morgan fingerprint density at radius 1 is 1.08 bits per heavy atom. The van der Waals surface area contributed by atoms with E-state index in [4.69, 9.17) is 9.72 Å². The van der Waals surface area contributed by atoms with Crippen molar-refractivity contribution in [2.24, 2.45) is 5.92 Å². The number of nitrogens with zero attached hydrogens (tertiary/aromatic N) is 4. The zero-order chi connectivity index (χ0) is 26.4. The highest BCUT2D eigenvalue weighted by Crippen LogP contribution is 2.33. The van der Waals surface area contributed by atoms with Crippen LogP contribution in [0.4, 0.5) is 4.39 Å². The third-order valence-corrected chi connectivity index (χ3v) is 8.12. The van der Waals surface area contributed by atoms with E-state index in [0.717, 1.165) is 64.8 Å². The Hall–Kier alpha value is -3.23. The number of nitrogens with one attached hydrogen (secondary N) is 2. The zero-order valence-electron chi connectivity index (χ0n) is 22.7. The summed E-state index contributed by atoms with van der Waals surface area (Å²) in [4.78, 5) is 13.6. The fourth-order valence-electron chi connectivity index (χ4n) is 5.98. The highest BCUT2D eigenvalue weighted by Gasteiger charge is 2.28. The maximum Gasteiger partial charge on any atom is 0.159 e. The largest absolute Gasteiger partial charge is 0.486 e. The van der Waals surface area contributed by atoms with Gasteiger partial charge in [-0.3, -0.25) is 10.00 Å². The second kappa shape index (κ2) is 10.2. The van der Waals surface area contributed by atoms with Crippen molar-refractivity contribution in [2.75, 3.05) is 19.6 Å². The van der Waals surface area contributed by atoms with Gasteiger partial charge in [0.2, 0.25) is 0 Å². The Morgan fingerprint density at radius 3 is 2.63 bits per heavy atom. The summed E-state index contributed by atoms with van der Waals surface area (Å²) in [5, 5.41) is 8.65. The van der Waals surface area contributed by atoms with Crippen molar-refractivity contribution >= 4 is 10.9 Å². The summed E-state index contributed by atoms with van der Waals surface area (Å²) in [6.45, 7) is 13.8. The number of fused-ring (bicyclic) bond motifs is 2. The topological polar surface area (TPSA) is 73.1 Å². The monoisotopic (exact) mass is 516 g/mol. The van der Waals surface area contributed by atoms with Crippen molar-refractivity contribution < 1.29 is 9.13 Å². The lowest BCUT2D eigenvalue weighted by Gasteiger charge is -2.36. The van der Waals surface area contributed by atoms with E-state index in [1.807, 2.05) is 38.1 Å². The molecule has 2 N–H and O–H groups in total. The first-order valence-corrected chi connectivity index (χ1v) is 13.8. The molecule has 1 fully saturated rings. The number of hydrogen-bond acceptors (Lipinski definition) is 5. The quantitative estimate of drug-likeness (QED) is 0.316. The summed E-state index contributed by atoms with van der Waals surface area (Å²) in [6, 6.07) is 11.5. The van der Waals surface area contributed by atoms with Crippen LogP contribution in [-0.2, 0) is 13.1 Å². The zero-order valence-corrected chi connectivity index (χ0v) is 22.7. The average molecular weight is 517 g/mol. The number of ether oxygens (including phenoxy) is 1. The van der Waals surface area contributed by atoms with E-state index in [0.29, 0.717) is 11.8 Å². The molecule has 0 bridgehead atoms. The van der Waals surface area contributed by atoms with Gasteiger partial charge in [-0.25, -0.2) is 9.37 Å². The van der Waals surface area contributed by atoms with Gasteiger partial charge in [-0.2, -0.15) is 5.10 Å². The summed E-state index contributed by atoms with van der Waals surface area (Å²) in [5.74, 6) is 2.02. The number of benzene rings is 2. The van der Waals surface area contributed by atoms with Crippen molar-refractivity contribution in [2.45, 2.75) is 65.8 Å². The van der Waals surface area contributed by atoms with E-state index in [2.05, 4.69) is 38.8 Å². The fourth-order valence-corrected chi connectivity index (χ4v) is 5.98. The Labute approximate surface area is 223 Å². The van der Waals surface area contributed by atoms with Gasteiger partial charge in [-0.05, 0) is 101 Å². The molecule has 4 heterocycles. The van der Waals surface area contributed by atoms with E-state index in [1.165, 1.54) is 43.8 Å². The van der Waals surface area contributed by atoms with Gasteiger partial charge in [0.05, 0.1) is 16.9 Å². The van der Waals surface area contributed by atoms with Crippen molar-refractivity contribution in [1.82, 2.24) is 30.0 Å². The molecular formula is C30H37FN6O. The highest BCUT2D eigenvalue weighted by atomic mass is 19.1. The number of imidazole rings is 1. The minimum Gasteiger partial charge on any atom is -0.486 e. The van der Waals surface area contributed by atoms with Gasteiger partial charge in [-0.1, -0.05) is 6.07 Å². The van der Waals surface area contributed by atoms with Gasteiger partial charge in [0.25, 0.3) is 0 Å². The van der Waals surface area contributed by atoms with E-state index in [9.17, 15) is 4.39 Å². The van der Waals surface area contributed by atoms with Crippen LogP contribution in [0.1, 0.15) is 62.2 Å². The van der Waals surface area contributed by atoms with Crippen LogP contribution in [0.15, 0.2) is 36.4 Å². The minimum atomic E-state index is -0.284. The number of piperidine rings is 1. The van der Waals surface area contributed by atoms with Crippen molar-refractivity contribution in [3.8, 4) is 17.3 Å². The van der Waals surface area contributed by atoms with E-state index in [-0.39, 0.29) is 11.9 Å². The second-order valence-corrected chi connectivity index (χ2v) is 11.4. The smallest absolute Gasteiger partial charge is 0.159 e. The summed E-state index contributed by atoms with van der Waals surface area (Å²) in [6.07, 6.45) is 2.28. The number of halogens is 1. The standard InChI is InChI=1S/C30H37FN6O/c1-18(2)37-9-7-21(8-10-37)15-36-16-27-28(17-36)33-30(32-27)29-25-14-24(5-6-26(25)34-35-29)38-20(4)22-11-19(3)12-23(31)13-22/h5-6,11-14,18,20-21H,7-10,15-17H2,1-4H3,(H,32,33)(H,34,35). The number of aromatic nitrogens is 4. The van der Waals surface area contributed by atoms with Gasteiger partial charge >= 0.3 is 0 Å². The highest BCUT2D eigenvalue weighted by molar-refractivity contribution is 5.92. The van der Waals surface area contributed by atoms with Gasteiger partial charge in [0, 0.05) is 31.1 Å². The molecule has 2 aliphatic rings. The molecule has 200 valence electrons. The lowest BCUT2D eigenvalue weighted by Crippen LogP contribution is -2.41. The Balaban J connectivity index is 1.14. The van der Waals surface area contributed by atoms with E-state index in [1.54, 1.807) is 0 Å². The van der Waals surface area contributed by atoms with Crippen LogP contribution in [0.5, 0.6) is 5.75 Å². The van der Waals surface area contributed by atoms with Crippen LogP contribution in [-0.4, -0.2) is 55.6 Å². The number of rotatable bonds is 7. The lowest BCUT2D eigenvalue weighted by molar-refractivity contribution is 0.120. The molecular weight excluding hydrogens is 479 g/mol. The minimum absolute atomic E-state index is 0.246. The molecule has 1 unspecified atom stereocenters. The fraction of sp³-hybridized carbons (Fsp3) is 0.467. The number of aromatic amines is 2. The maximum absolute atomic E-state index is 13.9. The molecule has 0 saturated carbocycles. The van der Waals surface area contributed by atoms with Crippen LogP contribution in [0.3, 0.4) is 0 Å². The number of aryl methyl sites for hydroxylation is 1. The van der Waals surface area contributed by atoms with Gasteiger partial charge < -0.3 is 14.6 Å². The molecule has 0 radical (unpaired) electrons. The predicted molar refractivity (Wildman–Crippen MR) is 147 cm³/mol. The Kier molecular flexibility index (Phi) is 6.70. The maximum atomic E-state index is 13.9. The van der Waals surface area contributed by atoms with E-state index >= 15 is 0 Å². The Morgan fingerprint density at radius 2 is 1.89 bits per heavy atom. The van der Waals surface area contributed by atoms with Crippen molar-refractivity contribution in [3.05, 3.63) is 64.7 Å². The first-order chi connectivity index (χ1) is 18.3. The SMILES string of the molecule is Cc1cc(F)cc(C(C)Oc2ccc3[nH]nc(-c4nc5c([nH]4)CN(CC4CCN(C(C)C)CC4)C5)c3c2)c1. The summed E-state index contributed by atoms with van der Waals surface area (Å²) in [7, 11) is 0. The van der Waals surface area contributed by atoms with Crippen molar-refractivity contribution in [3.63, 3.8) is 0 Å². The summed E-state index contributed by atoms with van der Waals surface area (Å²) < 4.78 is 20.1. The average Bonchev–Trinajstić information content (AvgIpc) is 3.56. The molecule has 38 heavy (non-hydrogen) atoms. The molecule has 8 heteroatoms. The molecule has 4 aromatic rings. The van der Waals surface area contributed by atoms with Crippen LogP contribution in [0, 0.1) is 18.7 Å². The summed E-state index contributed by atoms with van der Waals surface area (Å²) in [5.41, 5.74) is 5.72. The third kappa shape index (κ3) is 5.07. The first kappa shape index (κ1) is 25.1. The predicted octanol–water partition coefficient (Wildman–Crippen LogP) is 5.98. The molecule has 0 spiro atoms. The van der Waals surface area contributed by atoms with Crippen LogP contribution >= 0.6 is 0 Å². The Bertz CT molecular complexity index is 1390. The molecule has 2 aliphatic heterocycles. The van der Waals surface area contributed by atoms with Gasteiger partial charge in [0.15, 0.2) is 5.82 Å². The van der Waals surface area contributed by atoms with E-state index < -0.39 is 0 Å². The van der Waals surface area contributed by atoms with Crippen molar-refractivity contribution in [1.29, 1.82) is 0 Å². The molecule has 2 aromatic carbocycles. The van der Waals surface area contributed by atoms with Crippen LogP contribution < -0.4 is 4.74 Å². The molecule has 1 atom stereocenters. The van der Waals surface area contributed by atoms with Crippen LogP contribution in [0.25, 0.3) is 22.4 Å². The number of hydrogen-bond donors (Lipinski definition) is 2. The molecule has 1 saturated heterocycles. The lowest BCUT2D eigenvalue weighted by atomic mass is 9.95. The molecule has 7 nitrogen and oxygen atoms in total. The molecule has 6 rings (SSSR count). The molecule has 2 aromatic heterocycles. The number of H-pyrrole nitrogens is 2. The summed E-state index contributed by atoms with van der Waals surface area (Å²) >= 11 is 0. The van der Waals surface area contributed by atoms with Crippen LogP contribution in [0.2, 0.25) is 0 Å². The first-order valence-electron chi connectivity index (χ1n) is 13.8. The normalized spacial score (nSPS) is 17.9. The number of likely N-dealkylation sites (tertiary alicyclic amines) is 1.